The first-order chi connectivity index (χ1) is 7.79. The molecule has 5 nitrogen and oxygen atoms in total. The van der Waals surface area contributed by atoms with Gasteiger partial charge >= 0.3 is 0 Å². The monoisotopic (exact) mass is 218 g/mol. The normalized spacial score (nSPS) is 10.1. The van der Waals surface area contributed by atoms with Crippen molar-refractivity contribution in [3.05, 3.63) is 36.2 Å². The van der Waals surface area contributed by atoms with E-state index in [4.69, 9.17) is 4.74 Å². The number of pyridine rings is 1. The number of ether oxygens (including phenoxy) is 1. The summed E-state index contributed by atoms with van der Waals surface area (Å²) >= 11 is 0. The molecule has 0 aromatic carbocycles. The lowest BCUT2D eigenvalue weighted by molar-refractivity contribution is 0.393. The summed E-state index contributed by atoms with van der Waals surface area (Å²) in [4.78, 5) is 4.13. The highest BCUT2D eigenvalue weighted by Crippen LogP contribution is 2.14. The summed E-state index contributed by atoms with van der Waals surface area (Å²) in [6, 6.07) is 5.78. The number of rotatable bonds is 4. The average Bonchev–Trinajstić information content (AvgIpc) is 2.73. The molecule has 0 atom stereocenters. The highest BCUT2D eigenvalue weighted by Gasteiger charge is 2.03. The summed E-state index contributed by atoms with van der Waals surface area (Å²) in [6.07, 6.45) is 3.60. The highest BCUT2D eigenvalue weighted by atomic mass is 16.5. The smallest absolute Gasteiger partial charge is 0.218 e. The maximum Gasteiger partial charge on any atom is 0.218 e. The van der Waals surface area contributed by atoms with Gasteiger partial charge in [0, 0.05) is 37.6 Å². The number of anilines is 1. The Morgan fingerprint density at radius 2 is 2.31 bits per heavy atom. The van der Waals surface area contributed by atoms with Gasteiger partial charge in [0.05, 0.1) is 7.11 Å². The SMILES string of the molecule is COc1ncccc1CNc1ccn(C)n1. The van der Waals surface area contributed by atoms with Crippen LogP contribution in [0.1, 0.15) is 5.56 Å². The minimum atomic E-state index is 0.644. The molecule has 2 aromatic rings. The van der Waals surface area contributed by atoms with E-state index in [2.05, 4.69) is 15.4 Å². The molecule has 0 aliphatic rings. The Kier molecular flexibility index (Phi) is 3.05. The summed E-state index contributed by atoms with van der Waals surface area (Å²) in [5.41, 5.74) is 1.01. The zero-order valence-corrected chi connectivity index (χ0v) is 9.34. The van der Waals surface area contributed by atoms with Crippen molar-refractivity contribution in [2.45, 2.75) is 6.54 Å². The number of nitrogens with one attached hydrogen (secondary N) is 1. The van der Waals surface area contributed by atoms with Crippen LogP contribution in [0.25, 0.3) is 0 Å². The Hall–Kier alpha value is -2.04. The Bertz CT molecular complexity index is 467. The molecule has 5 heteroatoms. The van der Waals surface area contributed by atoms with Gasteiger partial charge < -0.3 is 10.1 Å². The summed E-state index contributed by atoms with van der Waals surface area (Å²) < 4.78 is 6.92. The predicted molar refractivity (Wildman–Crippen MR) is 61.3 cm³/mol. The van der Waals surface area contributed by atoms with Gasteiger partial charge in [-0.1, -0.05) is 6.07 Å². The van der Waals surface area contributed by atoms with Crippen LogP contribution in [-0.4, -0.2) is 21.9 Å². The second-order valence-corrected chi connectivity index (χ2v) is 3.40. The molecule has 0 unspecified atom stereocenters. The second kappa shape index (κ2) is 4.65. The fourth-order valence-electron chi connectivity index (χ4n) is 1.44. The van der Waals surface area contributed by atoms with Crippen LogP contribution in [0.15, 0.2) is 30.6 Å². The van der Waals surface area contributed by atoms with Gasteiger partial charge in [0.2, 0.25) is 5.88 Å². The van der Waals surface area contributed by atoms with Gasteiger partial charge in [0.1, 0.15) is 5.82 Å². The molecule has 2 rings (SSSR count). The largest absolute Gasteiger partial charge is 0.481 e. The van der Waals surface area contributed by atoms with E-state index in [1.165, 1.54) is 0 Å². The van der Waals surface area contributed by atoms with E-state index in [9.17, 15) is 0 Å². The summed E-state index contributed by atoms with van der Waals surface area (Å²) in [5.74, 6) is 1.49. The van der Waals surface area contributed by atoms with Crippen molar-refractivity contribution in [3.63, 3.8) is 0 Å². The van der Waals surface area contributed by atoms with Crippen molar-refractivity contribution in [1.82, 2.24) is 14.8 Å². The minimum Gasteiger partial charge on any atom is -0.481 e. The van der Waals surface area contributed by atoms with Crippen LogP contribution in [-0.2, 0) is 13.6 Å². The molecule has 0 saturated carbocycles. The van der Waals surface area contributed by atoms with Crippen molar-refractivity contribution in [1.29, 1.82) is 0 Å². The number of aryl methyl sites for hydroxylation is 1. The molecular weight excluding hydrogens is 204 g/mol. The highest BCUT2D eigenvalue weighted by molar-refractivity contribution is 5.36. The molecule has 0 spiro atoms. The van der Waals surface area contributed by atoms with Crippen molar-refractivity contribution in [3.8, 4) is 5.88 Å². The van der Waals surface area contributed by atoms with E-state index in [1.54, 1.807) is 18.0 Å². The summed E-state index contributed by atoms with van der Waals surface area (Å²) in [6.45, 7) is 0.647. The third kappa shape index (κ3) is 2.31. The van der Waals surface area contributed by atoms with Crippen LogP contribution in [0.4, 0.5) is 5.82 Å². The fourth-order valence-corrected chi connectivity index (χ4v) is 1.44. The van der Waals surface area contributed by atoms with E-state index in [0.29, 0.717) is 12.4 Å². The molecule has 84 valence electrons. The molecule has 0 fully saturated rings. The summed E-state index contributed by atoms with van der Waals surface area (Å²) in [5, 5.41) is 7.43. The molecular formula is C11H14N4O. The number of methoxy groups -OCH3 is 1. The molecule has 0 radical (unpaired) electrons. The first kappa shape index (κ1) is 10.5. The van der Waals surface area contributed by atoms with Gasteiger partial charge in [0.15, 0.2) is 0 Å². The van der Waals surface area contributed by atoms with Crippen LogP contribution in [0, 0.1) is 0 Å². The van der Waals surface area contributed by atoms with Crippen LogP contribution in [0.3, 0.4) is 0 Å². The quantitative estimate of drug-likeness (QED) is 0.843. The van der Waals surface area contributed by atoms with Crippen molar-refractivity contribution >= 4 is 5.82 Å². The van der Waals surface area contributed by atoms with E-state index >= 15 is 0 Å². The van der Waals surface area contributed by atoms with Gasteiger partial charge in [-0.05, 0) is 6.07 Å². The molecule has 2 heterocycles. The third-order valence-electron chi connectivity index (χ3n) is 2.22. The van der Waals surface area contributed by atoms with Gasteiger partial charge in [-0.3, -0.25) is 4.68 Å². The first-order valence-corrected chi connectivity index (χ1v) is 5.01. The molecule has 16 heavy (non-hydrogen) atoms. The zero-order valence-electron chi connectivity index (χ0n) is 9.34. The third-order valence-corrected chi connectivity index (χ3v) is 2.22. The summed E-state index contributed by atoms with van der Waals surface area (Å²) in [7, 11) is 3.50. The minimum absolute atomic E-state index is 0.644. The number of hydrogen-bond donors (Lipinski definition) is 1. The first-order valence-electron chi connectivity index (χ1n) is 5.01. The second-order valence-electron chi connectivity index (χ2n) is 3.40. The van der Waals surface area contributed by atoms with Crippen LogP contribution < -0.4 is 10.1 Å². The Balaban J connectivity index is 2.04. The number of hydrogen-bond acceptors (Lipinski definition) is 4. The lowest BCUT2D eigenvalue weighted by Crippen LogP contribution is -2.03. The van der Waals surface area contributed by atoms with E-state index in [-0.39, 0.29) is 0 Å². The maximum atomic E-state index is 5.16. The molecule has 0 saturated heterocycles. The standard InChI is InChI=1S/C11H14N4O/c1-15-7-5-10(14-15)13-8-9-4-3-6-12-11(9)16-2/h3-7H,8H2,1-2H3,(H,13,14). The molecule has 0 bridgehead atoms. The number of nitrogens with zero attached hydrogens (tertiary/aromatic N) is 3. The van der Waals surface area contributed by atoms with Gasteiger partial charge in [0.25, 0.3) is 0 Å². The lowest BCUT2D eigenvalue weighted by atomic mass is 10.2. The topological polar surface area (TPSA) is 52.0 Å². The van der Waals surface area contributed by atoms with E-state index < -0.39 is 0 Å². The van der Waals surface area contributed by atoms with Crippen LogP contribution >= 0.6 is 0 Å². The maximum absolute atomic E-state index is 5.16. The van der Waals surface area contributed by atoms with Crippen LogP contribution in [0.2, 0.25) is 0 Å². The van der Waals surface area contributed by atoms with Crippen molar-refractivity contribution in [2.75, 3.05) is 12.4 Å². The van der Waals surface area contributed by atoms with Crippen molar-refractivity contribution in [2.24, 2.45) is 7.05 Å². The molecule has 0 aliphatic carbocycles. The van der Waals surface area contributed by atoms with Crippen LogP contribution in [0.5, 0.6) is 5.88 Å². The fraction of sp³-hybridized carbons (Fsp3) is 0.273. The molecule has 1 N–H and O–H groups in total. The van der Waals surface area contributed by atoms with E-state index in [1.807, 2.05) is 31.4 Å². The molecule has 0 amide bonds. The van der Waals surface area contributed by atoms with Gasteiger partial charge in [-0.2, -0.15) is 5.10 Å². The average molecular weight is 218 g/mol. The number of aromatic nitrogens is 3. The van der Waals surface area contributed by atoms with Gasteiger partial charge in [-0.15, -0.1) is 0 Å². The zero-order chi connectivity index (χ0) is 11.4. The van der Waals surface area contributed by atoms with E-state index in [0.717, 1.165) is 11.4 Å². The predicted octanol–water partition coefficient (Wildman–Crippen LogP) is 1.44. The Morgan fingerprint density at radius 1 is 1.44 bits per heavy atom. The molecule has 2 aromatic heterocycles. The molecule has 0 aliphatic heterocycles. The lowest BCUT2D eigenvalue weighted by Gasteiger charge is -2.07. The Labute approximate surface area is 94.1 Å². The Morgan fingerprint density at radius 3 is 3.00 bits per heavy atom. The van der Waals surface area contributed by atoms with Crippen molar-refractivity contribution < 1.29 is 4.74 Å². The van der Waals surface area contributed by atoms with Gasteiger partial charge in [-0.25, -0.2) is 4.98 Å².